The monoisotopic (exact) mass is 309 g/mol. The van der Waals surface area contributed by atoms with E-state index in [2.05, 4.69) is 0 Å². The summed E-state index contributed by atoms with van der Waals surface area (Å²) in [6, 6.07) is 4.97. The molecule has 0 unspecified atom stereocenters. The van der Waals surface area contributed by atoms with E-state index < -0.39 is 21.9 Å². The Labute approximate surface area is 115 Å². The largest absolute Gasteiger partial charge is 0.416 e. The number of hydrogen-bond acceptors (Lipinski definition) is 3. The lowest BCUT2D eigenvalue weighted by atomic mass is 10.1. The topological polar surface area (TPSA) is 66.6 Å². The van der Waals surface area contributed by atoms with Crippen molar-refractivity contribution in [1.82, 2.24) is 4.31 Å². The number of anilines is 1. The van der Waals surface area contributed by atoms with Crippen LogP contribution in [0, 0.1) is 0 Å². The fourth-order valence-electron chi connectivity index (χ4n) is 2.08. The van der Waals surface area contributed by atoms with E-state index in [9.17, 15) is 21.6 Å². The molecule has 0 aromatic heterocycles. The van der Waals surface area contributed by atoms with E-state index in [1.165, 1.54) is 6.07 Å². The number of rotatable bonds is 2. The van der Waals surface area contributed by atoms with Crippen molar-refractivity contribution in [2.75, 3.05) is 31.1 Å². The van der Waals surface area contributed by atoms with Crippen LogP contribution in [0.2, 0.25) is 0 Å². The van der Waals surface area contributed by atoms with Crippen molar-refractivity contribution in [1.29, 1.82) is 0 Å². The molecule has 1 aliphatic heterocycles. The highest BCUT2D eigenvalue weighted by Crippen LogP contribution is 2.31. The van der Waals surface area contributed by atoms with Crippen molar-refractivity contribution < 1.29 is 21.6 Å². The van der Waals surface area contributed by atoms with E-state index in [1.807, 2.05) is 0 Å². The predicted octanol–water partition coefficient (Wildman–Crippen LogP) is 1.03. The zero-order chi connectivity index (χ0) is 15.0. The van der Waals surface area contributed by atoms with Gasteiger partial charge in [-0.15, -0.1) is 0 Å². The van der Waals surface area contributed by atoms with Gasteiger partial charge in [0.25, 0.3) is 10.2 Å². The third-order valence-corrected chi connectivity index (χ3v) is 4.22. The first-order chi connectivity index (χ1) is 9.18. The van der Waals surface area contributed by atoms with Gasteiger partial charge < -0.3 is 4.90 Å². The summed E-state index contributed by atoms with van der Waals surface area (Å²) in [7, 11) is -3.74. The van der Waals surface area contributed by atoms with Crippen molar-refractivity contribution in [3.8, 4) is 0 Å². The molecule has 9 heteroatoms. The highest BCUT2D eigenvalue weighted by Gasteiger charge is 2.31. The summed E-state index contributed by atoms with van der Waals surface area (Å²) in [6.07, 6.45) is -4.39. The summed E-state index contributed by atoms with van der Waals surface area (Å²) in [5, 5.41) is 5.01. The van der Waals surface area contributed by atoms with Crippen LogP contribution < -0.4 is 10.0 Å². The molecule has 0 amide bonds. The molecule has 0 spiro atoms. The van der Waals surface area contributed by atoms with Gasteiger partial charge in [0.1, 0.15) is 0 Å². The Kier molecular flexibility index (Phi) is 3.94. The molecular weight excluding hydrogens is 295 g/mol. The van der Waals surface area contributed by atoms with Crippen molar-refractivity contribution >= 4 is 15.9 Å². The molecule has 20 heavy (non-hydrogen) atoms. The molecule has 5 nitrogen and oxygen atoms in total. The molecule has 2 N–H and O–H groups in total. The summed E-state index contributed by atoms with van der Waals surface area (Å²) in [4.78, 5) is 1.71. The second-order valence-corrected chi connectivity index (χ2v) is 6.03. The minimum atomic E-state index is -4.39. The molecule has 1 saturated heterocycles. The van der Waals surface area contributed by atoms with Crippen LogP contribution in [-0.4, -0.2) is 38.9 Å². The average Bonchev–Trinajstić information content (AvgIpc) is 2.37. The molecule has 1 aromatic rings. The number of halogens is 3. The van der Waals surface area contributed by atoms with Gasteiger partial charge in [-0.1, -0.05) is 6.07 Å². The Hall–Kier alpha value is -1.32. The van der Waals surface area contributed by atoms with E-state index in [4.69, 9.17) is 5.14 Å². The summed E-state index contributed by atoms with van der Waals surface area (Å²) in [6.45, 7) is 0.930. The van der Waals surface area contributed by atoms with Gasteiger partial charge in [0.15, 0.2) is 0 Å². The van der Waals surface area contributed by atoms with Crippen molar-refractivity contribution in [3.63, 3.8) is 0 Å². The van der Waals surface area contributed by atoms with Crippen LogP contribution in [0.4, 0.5) is 18.9 Å². The van der Waals surface area contributed by atoms with Crippen LogP contribution in [0.3, 0.4) is 0 Å². The van der Waals surface area contributed by atoms with E-state index in [-0.39, 0.29) is 13.1 Å². The first-order valence-electron chi connectivity index (χ1n) is 5.88. The molecule has 1 heterocycles. The summed E-state index contributed by atoms with van der Waals surface area (Å²) in [5.41, 5.74) is -0.294. The van der Waals surface area contributed by atoms with E-state index in [1.54, 1.807) is 11.0 Å². The highest BCUT2D eigenvalue weighted by atomic mass is 32.2. The molecule has 112 valence electrons. The fraction of sp³-hybridized carbons (Fsp3) is 0.455. The van der Waals surface area contributed by atoms with E-state index in [0.717, 1.165) is 16.4 Å². The second kappa shape index (κ2) is 5.23. The molecule has 2 rings (SSSR count). The van der Waals surface area contributed by atoms with E-state index in [0.29, 0.717) is 18.8 Å². The summed E-state index contributed by atoms with van der Waals surface area (Å²) >= 11 is 0. The summed E-state index contributed by atoms with van der Waals surface area (Å²) in [5.74, 6) is 0. The Bertz CT molecular complexity index is 581. The number of alkyl halides is 3. The maximum atomic E-state index is 12.6. The first-order valence-corrected chi connectivity index (χ1v) is 7.38. The zero-order valence-electron chi connectivity index (χ0n) is 10.5. The third kappa shape index (κ3) is 3.41. The number of nitrogens with zero attached hydrogens (tertiary/aromatic N) is 2. The van der Waals surface area contributed by atoms with Gasteiger partial charge in [0.2, 0.25) is 0 Å². The number of nitrogens with two attached hydrogens (primary N) is 1. The maximum Gasteiger partial charge on any atom is 0.416 e. The van der Waals surface area contributed by atoms with Crippen molar-refractivity contribution in [2.24, 2.45) is 5.14 Å². The van der Waals surface area contributed by atoms with Gasteiger partial charge in [0.05, 0.1) is 5.56 Å². The number of piperazine rings is 1. The SMILES string of the molecule is NS(=O)(=O)N1CCN(c2cccc(C(F)(F)F)c2)CC1. The van der Waals surface area contributed by atoms with Crippen LogP contribution in [0.15, 0.2) is 24.3 Å². The smallest absolute Gasteiger partial charge is 0.369 e. The van der Waals surface area contributed by atoms with Crippen LogP contribution in [-0.2, 0) is 16.4 Å². The number of hydrogen-bond donors (Lipinski definition) is 1. The summed E-state index contributed by atoms with van der Waals surface area (Å²) < 4.78 is 61.3. The fourth-order valence-corrected chi connectivity index (χ4v) is 2.75. The Morgan fingerprint density at radius 1 is 1.10 bits per heavy atom. The van der Waals surface area contributed by atoms with Gasteiger partial charge in [-0.05, 0) is 18.2 Å². The van der Waals surface area contributed by atoms with Gasteiger partial charge in [0, 0.05) is 31.9 Å². The molecular formula is C11H14F3N3O2S. The minimum absolute atomic E-state index is 0.162. The molecule has 0 atom stereocenters. The van der Waals surface area contributed by atoms with Crippen LogP contribution >= 0.6 is 0 Å². The quantitative estimate of drug-likeness (QED) is 0.887. The van der Waals surface area contributed by atoms with E-state index >= 15 is 0 Å². The van der Waals surface area contributed by atoms with Gasteiger partial charge in [-0.3, -0.25) is 0 Å². The molecule has 0 radical (unpaired) electrons. The molecule has 0 aliphatic carbocycles. The standard InChI is InChI=1S/C11H14F3N3O2S/c12-11(13,14)9-2-1-3-10(8-9)16-4-6-17(7-5-16)20(15,18)19/h1-3,8H,4-7H2,(H2,15,18,19). The Morgan fingerprint density at radius 2 is 1.70 bits per heavy atom. The molecule has 0 saturated carbocycles. The zero-order valence-corrected chi connectivity index (χ0v) is 11.3. The highest BCUT2D eigenvalue weighted by molar-refractivity contribution is 7.86. The molecule has 1 fully saturated rings. The lowest BCUT2D eigenvalue weighted by Crippen LogP contribution is -2.50. The average molecular weight is 309 g/mol. The van der Waals surface area contributed by atoms with Gasteiger partial charge in [-0.25, -0.2) is 5.14 Å². The second-order valence-electron chi connectivity index (χ2n) is 4.48. The Balaban J connectivity index is 2.12. The maximum absolute atomic E-state index is 12.6. The predicted molar refractivity (Wildman–Crippen MR) is 68.3 cm³/mol. The minimum Gasteiger partial charge on any atom is -0.369 e. The van der Waals surface area contributed by atoms with Crippen LogP contribution in [0.5, 0.6) is 0 Å². The van der Waals surface area contributed by atoms with Gasteiger partial charge in [-0.2, -0.15) is 25.9 Å². The normalized spacial score (nSPS) is 18.3. The first kappa shape index (κ1) is 15.1. The van der Waals surface area contributed by atoms with Crippen LogP contribution in [0.1, 0.15) is 5.56 Å². The number of benzene rings is 1. The van der Waals surface area contributed by atoms with Crippen molar-refractivity contribution in [3.05, 3.63) is 29.8 Å². The van der Waals surface area contributed by atoms with Crippen molar-refractivity contribution in [2.45, 2.75) is 6.18 Å². The Morgan fingerprint density at radius 3 is 2.20 bits per heavy atom. The van der Waals surface area contributed by atoms with Crippen LogP contribution in [0.25, 0.3) is 0 Å². The molecule has 1 aliphatic rings. The van der Waals surface area contributed by atoms with Gasteiger partial charge >= 0.3 is 6.18 Å². The molecule has 0 bridgehead atoms. The third-order valence-electron chi connectivity index (χ3n) is 3.14. The lowest BCUT2D eigenvalue weighted by Gasteiger charge is -2.34. The lowest BCUT2D eigenvalue weighted by molar-refractivity contribution is -0.137. The molecule has 1 aromatic carbocycles.